The lowest BCUT2D eigenvalue weighted by atomic mass is 9.98. The van der Waals surface area contributed by atoms with Crippen molar-refractivity contribution in [3.63, 3.8) is 0 Å². The molecule has 0 bridgehead atoms. The van der Waals surface area contributed by atoms with Crippen molar-refractivity contribution in [1.29, 1.82) is 0 Å². The SMILES string of the molecule is c1ccc(-c2ccc(-c3ccc(N(c4ccc(-c5ccc(-c6ccccc6-n6c7ccccc7c7ccccc76)cc5)cc4)c4ccc5sc6ccccc6c5c4)cc3)cc2)cc1. The first-order chi connectivity index (χ1) is 31.2. The van der Waals surface area contributed by atoms with Gasteiger partial charge in [-0.15, -0.1) is 11.3 Å². The highest BCUT2D eigenvalue weighted by Gasteiger charge is 2.17. The van der Waals surface area contributed by atoms with Gasteiger partial charge in [0.2, 0.25) is 0 Å². The van der Waals surface area contributed by atoms with E-state index in [1.165, 1.54) is 92.2 Å². The number of aromatic nitrogens is 1. The summed E-state index contributed by atoms with van der Waals surface area (Å²) in [4.78, 5) is 2.38. The number of nitrogens with zero attached hydrogens (tertiary/aromatic N) is 2. The van der Waals surface area contributed by atoms with Gasteiger partial charge in [0.25, 0.3) is 0 Å². The van der Waals surface area contributed by atoms with E-state index in [0.29, 0.717) is 0 Å². The summed E-state index contributed by atoms with van der Waals surface area (Å²) in [6.45, 7) is 0. The maximum Gasteiger partial charge on any atom is 0.0541 e. The standard InChI is InChI=1S/C60H40N2S/c1-2-12-41(13-3-1)42-22-24-43(25-23-42)45-30-34-48(35-31-45)61(50-38-39-60-55(40-50)54-17-7-11-21-59(54)63-60)49-36-32-46(33-37-49)44-26-28-47(29-27-44)51-14-4-8-18-56(51)62-57-19-9-5-15-52(57)53-16-6-10-20-58(53)62/h1-40H. The van der Waals surface area contributed by atoms with E-state index in [1.807, 2.05) is 11.3 Å². The van der Waals surface area contributed by atoms with E-state index in [-0.39, 0.29) is 0 Å². The lowest BCUT2D eigenvalue weighted by Gasteiger charge is -2.26. The molecule has 12 rings (SSSR count). The fourth-order valence-corrected chi connectivity index (χ4v) is 10.4. The number of rotatable bonds is 8. The molecule has 10 aromatic carbocycles. The highest BCUT2D eigenvalue weighted by molar-refractivity contribution is 7.25. The van der Waals surface area contributed by atoms with Gasteiger partial charge in [-0.1, -0.05) is 176 Å². The molecule has 0 aliphatic heterocycles. The second-order valence-corrected chi connectivity index (χ2v) is 17.2. The summed E-state index contributed by atoms with van der Waals surface area (Å²) in [6, 6.07) is 88.3. The van der Waals surface area contributed by atoms with Crippen molar-refractivity contribution in [3.8, 4) is 50.2 Å². The summed E-state index contributed by atoms with van der Waals surface area (Å²) >= 11 is 1.85. The van der Waals surface area contributed by atoms with Crippen LogP contribution in [0, 0.1) is 0 Å². The van der Waals surface area contributed by atoms with Crippen molar-refractivity contribution in [2.75, 3.05) is 4.90 Å². The molecule has 0 atom stereocenters. The van der Waals surface area contributed by atoms with Crippen LogP contribution in [0.3, 0.4) is 0 Å². The van der Waals surface area contributed by atoms with Crippen LogP contribution in [0.2, 0.25) is 0 Å². The molecule has 0 fully saturated rings. The van der Waals surface area contributed by atoms with E-state index in [0.717, 1.165) is 17.1 Å². The van der Waals surface area contributed by atoms with E-state index >= 15 is 0 Å². The average Bonchev–Trinajstić information content (AvgIpc) is 3.90. The third-order valence-electron chi connectivity index (χ3n) is 12.4. The minimum absolute atomic E-state index is 1.11. The van der Waals surface area contributed by atoms with Gasteiger partial charge in [-0.2, -0.15) is 0 Å². The van der Waals surface area contributed by atoms with E-state index < -0.39 is 0 Å². The fourth-order valence-electron chi connectivity index (χ4n) is 9.33. The van der Waals surface area contributed by atoms with Gasteiger partial charge in [0.1, 0.15) is 0 Å². The minimum atomic E-state index is 1.11. The Kier molecular flexibility index (Phi) is 9.06. The highest BCUT2D eigenvalue weighted by atomic mass is 32.1. The summed E-state index contributed by atoms with van der Waals surface area (Å²) in [6.07, 6.45) is 0. The Bertz CT molecular complexity index is 3530. The van der Waals surface area contributed by atoms with Crippen LogP contribution in [0.4, 0.5) is 17.1 Å². The third-order valence-corrected chi connectivity index (χ3v) is 13.6. The molecule has 63 heavy (non-hydrogen) atoms. The molecule has 2 nitrogen and oxygen atoms in total. The van der Waals surface area contributed by atoms with Crippen LogP contribution in [0.5, 0.6) is 0 Å². The molecule has 2 heterocycles. The maximum absolute atomic E-state index is 2.41. The first-order valence-electron chi connectivity index (χ1n) is 21.5. The van der Waals surface area contributed by atoms with Gasteiger partial charge in [0.05, 0.1) is 16.7 Å². The van der Waals surface area contributed by atoms with Gasteiger partial charge in [-0.05, 0) is 106 Å². The molecule has 0 unspecified atom stereocenters. The fraction of sp³-hybridized carbons (Fsp3) is 0. The van der Waals surface area contributed by atoms with Crippen LogP contribution in [-0.4, -0.2) is 4.57 Å². The van der Waals surface area contributed by atoms with E-state index in [2.05, 4.69) is 252 Å². The Morgan fingerprint density at radius 3 is 1.29 bits per heavy atom. The largest absolute Gasteiger partial charge is 0.310 e. The summed E-state index contributed by atoms with van der Waals surface area (Å²) < 4.78 is 5.02. The van der Waals surface area contributed by atoms with Crippen LogP contribution in [0.15, 0.2) is 243 Å². The average molecular weight is 821 g/mol. The lowest BCUT2D eigenvalue weighted by molar-refractivity contribution is 1.18. The van der Waals surface area contributed by atoms with Crippen molar-refractivity contribution in [2.45, 2.75) is 0 Å². The molecule has 0 N–H and O–H groups in total. The summed E-state index contributed by atoms with van der Waals surface area (Å²) in [5.74, 6) is 0. The molecule has 0 aliphatic carbocycles. The summed E-state index contributed by atoms with van der Waals surface area (Å²) in [5, 5.41) is 5.11. The van der Waals surface area contributed by atoms with Crippen molar-refractivity contribution in [1.82, 2.24) is 4.57 Å². The summed E-state index contributed by atoms with van der Waals surface area (Å²) in [5.41, 5.74) is 16.5. The Morgan fingerprint density at radius 2 is 0.698 bits per heavy atom. The highest BCUT2D eigenvalue weighted by Crippen LogP contribution is 2.42. The minimum Gasteiger partial charge on any atom is -0.310 e. The second-order valence-electron chi connectivity index (χ2n) is 16.1. The Balaban J connectivity index is 0.883. The predicted molar refractivity (Wildman–Crippen MR) is 270 cm³/mol. The van der Waals surface area contributed by atoms with Crippen molar-refractivity contribution < 1.29 is 0 Å². The van der Waals surface area contributed by atoms with Gasteiger partial charge in [0.15, 0.2) is 0 Å². The van der Waals surface area contributed by atoms with Crippen LogP contribution in [0.1, 0.15) is 0 Å². The smallest absolute Gasteiger partial charge is 0.0541 e. The molecule has 0 saturated heterocycles. The van der Waals surface area contributed by atoms with E-state index in [4.69, 9.17) is 0 Å². The number of anilines is 3. The van der Waals surface area contributed by atoms with E-state index in [9.17, 15) is 0 Å². The Labute approximate surface area is 370 Å². The van der Waals surface area contributed by atoms with Gasteiger partial charge in [-0.25, -0.2) is 0 Å². The quantitative estimate of drug-likeness (QED) is 0.148. The molecular formula is C60H40N2S. The topological polar surface area (TPSA) is 8.17 Å². The molecule has 0 amide bonds. The predicted octanol–water partition coefficient (Wildman–Crippen LogP) is 17.3. The van der Waals surface area contributed by atoms with Crippen LogP contribution in [-0.2, 0) is 0 Å². The Hall–Kier alpha value is -7.98. The zero-order valence-electron chi connectivity index (χ0n) is 34.4. The number of hydrogen-bond acceptors (Lipinski definition) is 2. The molecule has 0 spiro atoms. The molecule has 2 aromatic heterocycles. The van der Waals surface area contributed by atoms with Crippen molar-refractivity contribution >= 4 is 70.4 Å². The van der Waals surface area contributed by atoms with Gasteiger partial charge in [-0.3, -0.25) is 0 Å². The second kappa shape index (κ2) is 15.5. The van der Waals surface area contributed by atoms with Gasteiger partial charge in [0, 0.05) is 53.6 Å². The third kappa shape index (κ3) is 6.58. The normalized spacial score (nSPS) is 11.5. The van der Waals surface area contributed by atoms with Crippen LogP contribution >= 0.6 is 11.3 Å². The zero-order chi connectivity index (χ0) is 41.7. The maximum atomic E-state index is 2.41. The van der Waals surface area contributed by atoms with E-state index in [1.54, 1.807) is 0 Å². The first kappa shape index (κ1) is 36.8. The van der Waals surface area contributed by atoms with Crippen molar-refractivity contribution in [2.24, 2.45) is 0 Å². The lowest BCUT2D eigenvalue weighted by Crippen LogP contribution is -2.09. The molecule has 0 radical (unpaired) electrons. The molecule has 0 saturated carbocycles. The van der Waals surface area contributed by atoms with Crippen molar-refractivity contribution in [3.05, 3.63) is 243 Å². The zero-order valence-corrected chi connectivity index (χ0v) is 35.2. The molecule has 12 aromatic rings. The Morgan fingerprint density at radius 1 is 0.286 bits per heavy atom. The number of thiophene rings is 1. The number of para-hydroxylation sites is 3. The molecule has 296 valence electrons. The monoisotopic (exact) mass is 820 g/mol. The van der Waals surface area contributed by atoms with Gasteiger partial charge < -0.3 is 9.47 Å². The van der Waals surface area contributed by atoms with Crippen LogP contribution < -0.4 is 4.90 Å². The number of benzene rings is 10. The summed E-state index contributed by atoms with van der Waals surface area (Å²) in [7, 11) is 0. The molecule has 0 aliphatic rings. The number of hydrogen-bond donors (Lipinski definition) is 0. The number of fused-ring (bicyclic) bond motifs is 6. The van der Waals surface area contributed by atoms with Crippen LogP contribution in [0.25, 0.3) is 92.2 Å². The molecular weight excluding hydrogens is 781 g/mol. The first-order valence-corrected chi connectivity index (χ1v) is 22.3. The van der Waals surface area contributed by atoms with Gasteiger partial charge >= 0.3 is 0 Å². The molecule has 3 heteroatoms.